The molecule has 12 rings (SSSR count). The molecule has 0 radical (unpaired) electrons. The summed E-state index contributed by atoms with van der Waals surface area (Å²) in [6.07, 6.45) is 17.9. The van der Waals surface area contributed by atoms with E-state index >= 15 is 0 Å². The summed E-state index contributed by atoms with van der Waals surface area (Å²) in [6.45, 7) is 2.67. The second-order valence-corrected chi connectivity index (χ2v) is 22.7. The van der Waals surface area contributed by atoms with Gasteiger partial charge in [-0.1, -0.05) is 85.3 Å². The Kier molecular flexibility index (Phi) is 22.5. The average Bonchev–Trinajstić information content (AvgIpc) is 4.30. The number of aromatic nitrogens is 8. The Hall–Kier alpha value is -8.29. The fourth-order valence-electron chi connectivity index (χ4n) is 9.94. The minimum Gasteiger partial charge on any atom is -0.494 e. The third kappa shape index (κ3) is 18.6. The molecule has 4 aliphatic heterocycles. The first-order chi connectivity index (χ1) is 41.1. The van der Waals surface area contributed by atoms with E-state index in [0.29, 0.717) is 96.2 Å². The van der Waals surface area contributed by atoms with Crippen LogP contribution in [0.25, 0.3) is 33.9 Å². The lowest BCUT2D eigenvalue weighted by atomic mass is 10.1. The van der Waals surface area contributed by atoms with E-state index in [0.717, 1.165) is 124 Å². The van der Waals surface area contributed by atoms with Crippen molar-refractivity contribution in [2.75, 3.05) is 52.2 Å². The standard InChI is InChI=1S/C33H41N7O6.C32H34N2O3S/c1-43-32(41)25-13-23-15-28(17-25)45-11-9-7-5-3-4-6-8-10-12-46-29-16-24(14-26(18-29)33(42)44-2)31-22-40(38-36-31)20-27(34)19-39-21-30(23)35-37-39;35-38-23-21-36-29-17-13-25(14-18-29)5-1-7-27-9-3-11-31(33-27)32-12-4-10-28(34-32)8-2-6-26-15-19-30(20-16-26)37-22-24-38/h13-18,21-22,27H,3-12,19-20,34H2,1-2H3;3-4,9-20H,1-2,5-8,21-24H2. The zero-order valence-corrected chi connectivity index (χ0v) is 48.9. The minimum atomic E-state index is -0.980. The molecule has 0 spiro atoms. The normalized spacial score (nSPS) is 15.7. The third-order valence-electron chi connectivity index (χ3n) is 14.4. The molecule has 0 atom stereocenters. The van der Waals surface area contributed by atoms with Gasteiger partial charge in [0.15, 0.2) is 0 Å². The van der Waals surface area contributed by atoms with E-state index in [1.165, 1.54) is 25.3 Å². The van der Waals surface area contributed by atoms with Gasteiger partial charge in [0, 0.05) is 39.4 Å². The van der Waals surface area contributed by atoms with Crippen LogP contribution < -0.4 is 24.7 Å². The molecule has 0 amide bonds. The van der Waals surface area contributed by atoms with Gasteiger partial charge in [0.05, 0.1) is 100 Å². The van der Waals surface area contributed by atoms with E-state index in [2.05, 4.69) is 69.2 Å². The van der Waals surface area contributed by atoms with Crippen molar-refractivity contribution in [2.45, 2.75) is 109 Å². The fourth-order valence-corrected chi connectivity index (χ4v) is 10.7. The lowest BCUT2D eigenvalue weighted by Gasteiger charge is -2.11. The second-order valence-electron chi connectivity index (χ2n) is 21.0. The molecular formula is C65H75N9O9S. The highest BCUT2D eigenvalue weighted by molar-refractivity contribution is 7.85. The zero-order chi connectivity index (χ0) is 58.3. The molecule has 0 fully saturated rings. The Labute approximate surface area is 493 Å². The molecule has 4 aromatic carbocycles. The number of nitrogens with two attached hydrogens (primary N) is 1. The van der Waals surface area contributed by atoms with Gasteiger partial charge in [0.1, 0.15) is 34.4 Å². The largest absolute Gasteiger partial charge is 0.494 e. The number of fused-ring (bicyclic) bond motifs is 12. The number of carbonyl (C=O) groups excluding carboxylic acids is 2. The number of esters is 2. The van der Waals surface area contributed by atoms with Gasteiger partial charge in [-0.05, 0) is 147 Å². The van der Waals surface area contributed by atoms with Gasteiger partial charge in [-0.15, -0.1) is 10.2 Å². The van der Waals surface area contributed by atoms with Crippen LogP contribution in [-0.4, -0.2) is 114 Å². The van der Waals surface area contributed by atoms with Crippen molar-refractivity contribution in [1.29, 1.82) is 0 Å². The first kappa shape index (κ1) is 60.3. The van der Waals surface area contributed by atoms with E-state index in [4.69, 9.17) is 44.1 Å². The number of methoxy groups -OCH3 is 2. The van der Waals surface area contributed by atoms with E-state index < -0.39 is 22.7 Å². The molecule has 4 aromatic heterocycles. The van der Waals surface area contributed by atoms with Gasteiger partial charge < -0.3 is 34.2 Å². The number of benzene rings is 4. The van der Waals surface area contributed by atoms with Gasteiger partial charge in [-0.25, -0.2) is 9.59 Å². The molecule has 0 saturated heterocycles. The predicted octanol–water partition coefficient (Wildman–Crippen LogP) is 10.7. The molecular weight excluding hydrogens is 1080 g/mol. The molecule has 8 aromatic rings. The Morgan fingerprint density at radius 1 is 0.488 bits per heavy atom. The van der Waals surface area contributed by atoms with Crippen LogP contribution in [0.4, 0.5) is 0 Å². The van der Waals surface area contributed by atoms with E-state index in [9.17, 15) is 13.8 Å². The van der Waals surface area contributed by atoms with Gasteiger partial charge in [-0.3, -0.25) is 23.5 Å². The van der Waals surface area contributed by atoms with Crippen molar-refractivity contribution in [1.82, 2.24) is 40.0 Å². The smallest absolute Gasteiger partial charge is 0.338 e. The number of aryl methyl sites for hydroxylation is 4. The number of nitrogens with zero attached hydrogens (tertiary/aromatic N) is 8. The van der Waals surface area contributed by atoms with Gasteiger partial charge in [-0.2, -0.15) is 0 Å². The SMILES string of the molecule is COC(=O)c1cc2cc(c1)-c1cn(nn1)CC(N)Cn1cc(nn1)-c1cc(cc(C(=O)OC)c1)OCCCCCCCCCCO2.O=S1CCOc2ccc(cc2)CCCc2cccc(n2)-c2cccc(n2)CCCc2ccc(cc2)OCC1. The van der Waals surface area contributed by atoms with E-state index in [1.54, 1.807) is 46.0 Å². The summed E-state index contributed by atoms with van der Waals surface area (Å²) in [4.78, 5) is 34.6. The molecule has 0 unspecified atom stereocenters. The number of pyridine rings is 2. The highest BCUT2D eigenvalue weighted by Gasteiger charge is 2.18. The zero-order valence-electron chi connectivity index (χ0n) is 48.1. The molecule has 2 N–H and O–H groups in total. The van der Waals surface area contributed by atoms with Crippen molar-refractivity contribution < 1.29 is 42.2 Å². The summed E-state index contributed by atoms with van der Waals surface area (Å²) in [7, 11) is 1.72. The molecule has 8 heterocycles. The lowest BCUT2D eigenvalue weighted by molar-refractivity contribution is 0.0591. The number of ether oxygens (including phenoxy) is 6. The van der Waals surface area contributed by atoms with Crippen LogP contribution in [0.15, 0.2) is 134 Å². The monoisotopic (exact) mass is 1160 g/mol. The number of hydrogen-bond donors (Lipinski definition) is 1. The van der Waals surface area contributed by atoms with Crippen LogP contribution in [0, 0.1) is 0 Å². The van der Waals surface area contributed by atoms with Crippen LogP contribution in [0.5, 0.6) is 23.0 Å². The quantitative estimate of drug-likeness (QED) is 0.159. The Balaban J connectivity index is 0.000000205. The average molecular weight is 1160 g/mol. The molecule has 0 saturated carbocycles. The topological polar surface area (TPSA) is 220 Å². The van der Waals surface area contributed by atoms with E-state index in [1.807, 2.05) is 48.5 Å². The molecule has 440 valence electrons. The fraction of sp³-hybridized carbons (Fsp3) is 0.385. The molecule has 19 heteroatoms. The number of hydrogen-bond acceptors (Lipinski definition) is 16. The first-order valence-corrected chi connectivity index (χ1v) is 30.6. The second kappa shape index (κ2) is 31.4. The minimum absolute atomic E-state index is 0.359. The first-order valence-electron chi connectivity index (χ1n) is 29.1. The number of rotatable bonds is 2. The van der Waals surface area contributed by atoms with Gasteiger partial charge >= 0.3 is 11.9 Å². The molecule has 18 nitrogen and oxygen atoms in total. The highest BCUT2D eigenvalue weighted by Crippen LogP contribution is 2.28. The Morgan fingerprint density at radius 2 is 0.905 bits per heavy atom. The summed E-state index contributed by atoms with van der Waals surface area (Å²) in [6, 6.07) is 39.0. The van der Waals surface area contributed by atoms with Crippen molar-refractivity contribution in [2.24, 2.45) is 5.73 Å². The molecule has 16 bridgehead atoms. The maximum atomic E-state index is 12.4. The molecule has 4 aliphatic rings. The molecule has 84 heavy (non-hydrogen) atoms. The summed E-state index contributed by atoms with van der Waals surface area (Å²) >= 11 is 0. The number of carbonyl (C=O) groups is 2. The van der Waals surface area contributed by atoms with E-state index in [-0.39, 0.29) is 6.04 Å². The summed E-state index contributed by atoms with van der Waals surface area (Å²) in [5, 5.41) is 17.1. The van der Waals surface area contributed by atoms with Crippen LogP contribution in [-0.2, 0) is 59.0 Å². The van der Waals surface area contributed by atoms with Crippen LogP contribution >= 0.6 is 0 Å². The maximum absolute atomic E-state index is 12.4. The van der Waals surface area contributed by atoms with Gasteiger partial charge in [0.25, 0.3) is 0 Å². The highest BCUT2D eigenvalue weighted by atomic mass is 32.2. The lowest BCUT2D eigenvalue weighted by Crippen LogP contribution is -2.31. The summed E-state index contributed by atoms with van der Waals surface area (Å²) in [5.74, 6) is 2.85. The van der Waals surface area contributed by atoms with Crippen molar-refractivity contribution in [3.63, 3.8) is 0 Å². The summed E-state index contributed by atoms with van der Waals surface area (Å²) in [5.41, 5.74) is 16.3. The summed E-state index contributed by atoms with van der Waals surface area (Å²) < 4.78 is 49.3. The Morgan fingerprint density at radius 3 is 1.33 bits per heavy atom. The van der Waals surface area contributed by atoms with Crippen molar-refractivity contribution in [3.05, 3.63) is 167 Å². The van der Waals surface area contributed by atoms with Crippen LogP contribution in [0.3, 0.4) is 0 Å². The maximum Gasteiger partial charge on any atom is 0.338 e. The van der Waals surface area contributed by atoms with Crippen molar-refractivity contribution in [3.8, 4) is 56.9 Å². The van der Waals surface area contributed by atoms with Crippen molar-refractivity contribution >= 4 is 22.7 Å². The van der Waals surface area contributed by atoms with Crippen LogP contribution in [0.2, 0.25) is 0 Å². The Bertz CT molecular complexity index is 3190. The van der Waals surface area contributed by atoms with Gasteiger partial charge in [0.2, 0.25) is 0 Å². The molecule has 0 aliphatic carbocycles. The van der Waals surface area contributed by atoms with Crippen LogP contribution in [0.1, 0.15) is 107 Å². The predicted molar refractivity (Wildman–Crippen MR) is 323 cm³/mol. The third-order valence-corrected chi connectivity index (χ3v) is 15.7.